The number of rotatable bonds is 5. The molecule has 5 nitrogen and oxygen atoms in total. The number of nitrogens with one attached hydrogen (secondary N) is 2. The second-order valence-corrected chi connectivity index (χ2v) is 4.75. The van der Waals surface area contributed by atoms with E-state index in [0.29, 0.717) is 6.61 Å². The van der Waals surface area contributed by atoms with Gasteiger partial charge in [0.25, 0.3) is 0 Å². The van der Waals surface area contributed by atoms with Gasteiger partial charge in [0.15, 0.2) is 0 Å². The Hall–Kier alpha value is -2.01. The minimum absolute atomic E-state index is 0.0163. The SMILES string of the molecule is COc1ccc2[nH]cc(CONC(=O)C3CC3)c2c1. The maximum absolute atomic E-state index is 11.4. The second kappa shape index (κ2) is 4.93. The second-order valence-electron chi connectivity index (χ2n) is 4.75. The largest absolute Gasteiger partial charge is 0.497 e. The molecular formula is C14H16N2O3. The van der Waals surface area contributed by atoms with Crippen LogP contribution in [0.4, 0.5) is 0 Å². The zero-order valence-electron chi connectivity index (χ0n) is 10.7. The Morgan fingerprint density at radius 1 is 1.47 bits per heavy atom. The van der Waals surface area contributed by atoms with Crippen molar-refractivity contribution in [1.82, 2.24) is 10.5 Å². The zero-order valence-corrected chi connectivity index (χ0v) is 10.7. The molecule has 1 heterocycles. The fourth-order valence-electron chi connectivity index (χ4n) is 2.02. The van der Waals surface area contributed by atoms with Crippen LogP contribution in [0.5, 0.6) is 5.75 Å². The Labute approximate surface area is 110 Å². The molecule has 2 N–H and O–H groups in total. The maximum atomic E-state index is 11.4. The van der Waals surface area contributed by atoms with Gasteiger partial charge in [0, 0.05) is 28.6 Å². The van der Waals surface area contributed by atoms with Crippen LogP contribution in [0.15, 0.2) is 24.4 Å². The number of hydrogen-bond donors (Lipinski definition) is 2. The number of ether oxygens (including phenoxy) is 1. The first-order valence-corrected chi connectivity index (χ1v) is 6.33. The lowest BCUT2D eigenvalue weighted by molar-refractivity contribution is -0.135. The predicted molar refractivity (Wildman–Crippen MR) is 70.5 cm³/mol. The first kappa shape index (κ1) is 12.0. The quantitative estimate of drug-likeness (QED) is 0.809. The fraction of sp³-hybridized carbons (Fsp3) is 0.357. The number of aromatic nitrogens is 1. The average Bonchev–Trinajstić information content (AvgIpc) is 3.21. The van der Waals surface area contributed by atoms with Gasteiger partial charge in [-0.05, 0) is 31.0 Å². The van der Waals surface area contributed by atoms with Crippen LogP contribution in [0, 0.1) is 5.92 Å². The molecule has 1 saturated carbocycles. The number of methoxy groups -OCH3 is 1. The summed E-state index contributed by atoms with van der Waals surface area (Å²) in [5.74, 6) is 0.941. The van der Waals surface area contributed by atoms with Crippen LogP contribution < -0.4 is 10.2 Å². The van der Waals surface area contributed by atoms with Crippen LogP contribution >= 0.6 is 0 Å². The highest BCUT2D eigenvalue weighted by Gasteiger charge is 2.29. The van der Waals surface area contributed by atoms with Crippen molar-refractivity contribution >= 4 is 16.8 Å². The van der Waals surface area contributed by atoms with Gasteiger partial charge in [-0.15, -0.1) is 0 Å². The summed E-state index contributed by atoms with van der Waals surface area (Å²) in [7, 11) is 1.64. The molecule has 0 aliphatic heterocycles. The van der Waals surface area contributed by atoms with Crippen LogP contribution in [-0.2, 0) is 16.2 Å². The molecule has 5 heteroatoms. The van der Waals surface area contributed by atoms with Crippen LogP contribution in [0.2, 0.25) is 0 Å². The standard InChI is InChI=1S/C14H16N2O3/c1-18-11-4-5-13-12(6-11)10(7-15-13)8-19-16-14(17)9-2-3-9/h4-7,9,15H,2-3,8H2,1H3,(H,16,17). The van der Waals surface area contributed by atoms with Gasteiger partial charge in [-0.2, -0.15) is 0 Å². The summed E-state index contributed by atoms with van der Waals surface area (Å²) < 4.78 is 5.20. The third-order valence-corrected chi connectivity index (χ3v) is 3.32. The van der Waals surface area contributed by atoms with E-state index in [4.69, 9.17) is 9.57 Å². The normalized spacial score (nSPS) is 14.6. The van der Waals surface area contributed by atoms with E-state index in [0.717, 1.165) is 35.1 Å². The third-order valence-electron chi connectivity index (χ3n) is 3.32. The van der Waals surface area contributed by atoms with E-state index in [9.17, 15) is 4.79 Å². The number of carbonyl (C=O) groups excluding carboxylic acids is 1. The number of hydroxylamine groups is 1. The summed E-state index contributed by atoms with van der Waals surface area (Å²) in [6, 6.07) is 5.81. The molecule has 0 unspecified atom stereocenters. The Morgan fingerprint density at radius 3 is 3.05 bits per heavy atom. The number of H-pyrrole nitrogens is 1. The van der Waals surface area contributed by atoms with Crippen molar-refractivity contribution in [3.05, 3.63) is 30.0 Å². The summed E-state index contributed by atoms with van der Waals surface area (Å²) in [5, 5.41) is 1.04. The van der Waals surface area contributed by atoms with E-state index < -0.39 is 0 Å². The van der Waals surface area contributed by atoms with Crippen molar-refractivity contribution in [3.63, 3.8) is 0 Å². The number of amides is 1. The van der Waals surface area contributed by atoms with E-state index in [-0.39, 0.29) is 11.8 Å². The first-order chi connectivity index (χ1) is 9.28. The van der Waals surface area contributed by atoms with Crippen LogP contribution in [0.25, 0.3) is 10.9 Å². The predicted octanol–water partition coefficient (Wildman–Crippen LogP) is 2.13. The fourth-order valence-corrected chi connectivity index (χ4v) is 2.02. The van der Waals surface area contributed by atoms with Crippen molar-refractivity contribution in [2.45, 2.75) is 19.4 Å². The molecule has 1 aliphatic rings. The molecule has 0 radical (unpaired) electrons. The number of carbonyl (C=O) groups is 1. The minimum atomic E-state index is -0.0163. The number of benzene rings is 1. The van der Waals surface area contributed by atoms with Gasteiger partial charge in [-0.25, -0.2) is 5.48 Å². The van der Waals surface area contributed by atoms with Gasteiger partial charge in [0.1, 0.15) is 12.4 Å². The molecule has 2 aromatic rings. The smallest absolute Gasteiger partial charge is 0.246 e. The molecular weight excluding hydrogens is 244 g/mol. The van der Waals surface area contributed by atoms with E-state index in [1.807, 2.05) is 24.4 Å². The summed E-state index contributed by atoms with van der Waals surface area (Å²) in [6.45, 7) is 0.339. The monoisotopic (exact) mass is 260 g/mol. The molecule has 0 bridgehead atoms. The lowest BCUT2D eigenvalue weighted by Crippen LogP contribution is -2.24. The van der Waals surface area contributed by atoms with Gasteiger partial charge < -0.3 is 9.72 Å². The minimum Gasteiger partial charge on any atom is -0.497 e. The lowest BCUT2D eigenvalue weighted by atomic mass is 10.2. The topological polar surface area (TPSA) is 63.4 Å². The van der Waals surface area contributed by atoms with E-state index in [2.05, 4.69) is 10.5 Å². The van der Waals surface area contributed by atoms with Crippen molar-refractivity contribution in [2.24, 2.45) is 5.92 Å². The van der Waals surface area contributed by atoms with Gasteiger partial charge in [-0.1, -0.05) is 0 Å². The van der Waals surface area contributed by atoms with Crippen LogP contribution in [0.1, 0.15) is 18.4 Å². The molecule has 3 rings (SSSR count). The molecule has 1 aromatic heterocycles. The highest BCUT2D eigenvalue weighted by atomic mass is 16.6. The van der Waals surface area contributed by atoms with Gasteiger partial charge in [-0.3, -0.25) is 9.63 Å². The van der Waals surface area contributed by atoms with Gasteiger partial charge in [0.05, 0.1) is 7.11 Å². The Kier molecular flexibility index (Phi) is 3.13. The summed E-state index contributed by atoms with van der Waals surface area (Å²) >= 11 is 0. The molecule has 0 spiro atoms. The Morgan fingerprint density at radius 2 is 2.32 bits per heavy atom. The van der Waals surface area contributed by atoms with Crippen molar-refractivity contribution in [2.75, 3.05) is 7.11 Å². The Bertz CT molecular complexity index is 602. The highest BCUT2D eigenvalue weighted by Crippen LogP contribution is 2.29. The molecule has 1 fully saturated rings. The molecule has 19 heavy (non-hydrogen) atoms. The van der Waals surface area contributed by atoms with E-state index in [1.165, 1.54) is 0 Å². The summed E-state index contributed by atoms with van der Waals surface area (Å²) in [4.78, 5) is 19.9. The summed E-state index contributed by atoms with van der Waals surface area (Å²) in [6.07, 6.45) is 3.83. The molecule has 0 saturated heterocycles. The van der Waals surface area contributed by atoms with Gasteiger partial charge in [0.2, 0.25) is 5.91 Å². The lowest BCUT2D eigenvalue weighted by Gasteiger charge is -2.05. The first-order valence-electron chi connectivity index (χ1n) is 6.33. The molecule has 100 valence electrons. The Balaban J connectivity index is 1.67. The number of fused-ring (bicyclic) bond motifs is 1. The number of aromatic amines is 1. The zero-order chi connectivity index (χ0) is 13.2. The van der Waals surface area contributed by atoms with Crippen LogP contribution in [-0.4, -0.2) is 18.0 Å². The van der Waals surface area contributed by atoms with Crippen molar-refractivity contribution in [1.29, 1.82) is 0 Å². The highest BCUT2D eigenvalue weighted by molar-refractivity contribution is 5.84. The van der Waals surface area contributed by atoms with E-state index in [1.54, 1.807) is 7.11 Å². The molecule has 1 aliphatic carbocycles. The van der Waals surface area contributed by atoms with Gasteiger partial charge >= 0.3 is 0 Å². The summed E-state index contributed by atoms with van der Waals surface area (Å²) in [5.41, 5.74) is 4.50. The van der Waals surface area contributed by atoms with E-state index >= 15 is 0 Å². The maximum Gasteiger partial charge on any atom is 0.246 e. The van der Waals surface area contributed by atoms with Crippen molar-refractivity contribution in [3.8, 4) is 5.75 Å². The molecule has 1 aromatic carbocycles. The number of hydrogen-bond acceptors (Lipinski definition) is 3. The third kappa shape index (κ3) is 2.56. The average molecular weight is 260 g/mol. The van der Waals surface area contributed by atoms with Crippen LogP contribution in [0.3, 0.4) is 0 Å². The van der Waals surface area contributed by atoms with Crippen molar-refractivity contribution < 1.29 is 14.4 Å². The molecule has 1 amide bonds. The molecule has 0 atom stereocenters.